The third-order valence-corrected chi connectivity index (χ3v) is 3.47. The summed E-state index contributed by atoms with van der Waals surface area (Å²) in [5.74, 6) is 0. The molecule has 0 unspecified atom stereocenters. The van der Waals surface area contributed by atoms with Gasteiger partial charge in [-0.15, -0.1) is 0 Å². The number of β-amino-alcohol motifs (C(OH)–C–C–N with tert-alkyl or cyclic N) is 1. The van der Waals surface area contributed by atoms with Gasteiger partial charge >= 0.3 is 0 Å². The van der Waals surface area contributed by atoms with Gasteiger partial charge in [0.05, 0.1) is 17.0 Å². The number of hydrogen-bond donors (Lipinski definition) is 1. The van der Waals surface area contributed by atoms with Crippen molar-refractivity contribution in [2.45, 2.75) is 38.8 Å². The highest BCUT2D eigenvalue weighted by Crippen LogP contribution is 2.25. The van der Waals surface area contributed by atoms with E-state index in [0.717, 1.165) is 38.2 Å². The molecule has 2 heterocycles. The highest BCUT2D eigenvalue weighted by atomic mass is 16.3. The van der Waals surface area contributed by atoms with E-state index in [-0.39, 0.29) is 0 Å². The Balaban J connectivity index is 1.93. The molecule has 4 heteroatoms. The molecule has 1 aromatic rings. The smallest absolute Gasteiger partial charge is 0.0897 e. The number of aliphatic hydroxyl groups is 1. The molecule has 4 nitrogen and oxygen atoms in total. The molecule has 1 fully saturated rings. The molecule has 2 rings (SSSR count). The van der Waals surface area contributed by atoms with Gasteiger partial charge in [0.15, 0.2) is 0 Å². The molecule has 0 bridgehead atoms. The van der Waals surface area contributed by atoms with Gasteiger partial charge in [0, 0.05) is 26.7 Å². The maximum atomic E-state index is 9.92. The van der Waals surface area contributed by atoms with E-state index in [9.17, 15) is 5.11 Å². The molecule has 0 amide bonds. The summed E-state index contributed by atoms with van der Waals surface area (Å²) in [6.07, 6.45) is 1.82. The van der Waals surface area contributed by atoms with E-state index >= 15 is 0 Å². The average Bonchev–Trinajstić information content (AvgIpc) is 2.57. The van der Waals surface area contributed by atoms with E-state index in [4.69, 9.17) is 0 Å². The fourth-order valence-electron chi connectivity index (χ4n) is 2.24. The normalized spacial score (nSPS) is 19.8. The Labute approximate surface area is 96.9 Å². The summed E-state index contributed by atoms with van der Waals surface area (Å²) in [5.41, 5.74) is 1.94. The van der Waals surface area contributed by atoms with E-state index in [1.807, 2.05) is 18.7 Å². The molecule has 1 aromatic heterocycles. The Kier molecular flexibility index (Phi) is 3.04. The molecule has 1 aliphatic rings. The molecule has 0 radical (unpaired) electrons. The molecule has 90 valence electrons. The molecular weight excluding hydrogens is 202 g/mol. The standard InChI is InChI=1S/C12H21N3O/c1-4-10-6-11(14(3)13-10)7-15-8-12(16,5-2)9-15/h6,16H,4-5,7-9H2,1-3H3. The van der Waals surface area contributed by atoms with Gasteiger partial charge < -0.3 is 5.11 Å². The van der Waals surface area contributed by atoms with Gasteiger partial charge in [0.2, 0.25) is 0 Å². The van der Waals surface area contributed by atoms with Crippen LogP contribution in [0.2, 0.25) is 0 Å². The number of aryl methyl sites for hydroxylation is 2. The van der Waals surface area contributed by atoms with Gasteiger partial charge in [0.25, 0.3) is 0 Å². The summed E-state index contributed by atoms with van der Waals surface area (Å²) in [7, 11) is 1.99. The Morgan fingerprint density at radius 1 is 1.44 bits per heavy atom. The van der Waals surface area contributed by atoms with Crippen LogP contribution in [-0.4, -0.2) is 38.5 Å². The largest absolute Gasteiger partial charge is 0.387 e. The summed E-state index contributed by atoms with van der Waals surface area (Å²) < 4.78 is 1.95. The van der Waals surface area contributed by atoms with Crippen LogP contribution in [0.3, 0.4) is 0 Å². The molecule has 0 aromatic carbocycles. The predicted molar refractivity (Wildman–Crippen MR) is 63.1 cm³/mol. The summed E-state index contributed by atoms with van der Waals surface area (Å²) in [4.78, 5) is 2.26. The number of likely N-dealkylation sites (tertiary alicyclic amines) is 1. The van der Waals surface area contributed by atoms with Crippen LogP contribution in [-0.2, 0) is 20.0 Å². The van der Waals surface area contributed by atoms with Crippen molar-refractivity contribution in [3.05, 3.63) is 17.5 Å². The third kappa shape index (κ3) is 2.13. The van der Waals surface area contributed by atoms with Gasteiger partial charge in [-0.3, -0.25) is 9.58 Å². The van der Waals surface area contributed by atoms with Crippen molar-refractivity contribution in [3.8, 4) is 0 Å². The summed E-state index contributed by atoms with van der Waals surface area (Å²) in [5, 5.41) is 14.3. The van der Waals surface area contributed by atoms with Gasteiger partial charge in [-0.05, 0) is 18.9 Å². The van der Waals surface area contributed by atoms with Crippen molar-refractivity contribution in [2.24, 2.45) is 7.05 Å². The van der Waals surface area contributed by atoms with E-state index < -0.39 is 5.60 Å². The first kappa shape index (κ1) is 11.6. The van der Waals surface area contributed by atoms with Crippen LogP contribution >= 0.6 is 0 Å². The van der Waals surface area contributed by atoms with Crippen LogP contribution in [0.15, 0.2) is 6.07 Å². The van der Waals surface area contributed by atoms with Crippen molar-refractivity contribution < 1.29 is 5.11 Å². The zero-order valence-electron chi connectivity index (χ0n) is 10.4. The topological polar surface area (TPSA) is 41.3 Å². The SMILES string of the molecule is CCc1cc(CN2CC(O)(CC)C2)n(C)n1. The first-order valence-corrected chi connectivity index (χ1v) is 6.03. The molecule has 0 aliphatic carbocycles. The Hall–Kier alpha value is -0.870. The van der Waals surface area contributed by atoms with E-state index in [1.165, 1.54) is 5.69 Å². The minimum Gasteiger partial charge on any atom is -0.387 e. The highest BCUT2D eigenvalue weighted by Gasteiger charge is 2.39. The van der Waals surface area contributed by atoms with E-state index in [0.29, 0.717) is 0 Å². The molecule has 0 atom stereocenters. The predicted octanol–water partition coefficient (Wildman–Crippen LogP) is 0.939. The lowest BCUT2D eigenvalue weighted by atomic mass is 9.91. The monoisotopic (exact) mass is 223 g/mol. The Bertz CT molecular complexity index is 366. The second kappa shape index (κ2) is 4.18. The van der Waals surface area contributed by atoms with Crippen molar-refractivity contribution in [1.82, 2.24) is 14.7 Å². The van der Waals surface area contributed by atoms with Crippen molar-refractivity contribution in [1.29, 1.82) is 0 Å². The van der Waals surface area contributed by atoms with Crippen molar-refractivity contribution in [3.63, 3.8) is 0 Å². The van der Waals surface area contributed by atoms with E-state index in [2.05, 4.69) is 23.0 Å². The molecule has 1 N–H and O–H groups in total. The van der Waals surface area contributed by atoms with Gasteiger partial charge in [-0.2, -0.15) is 5.10 Å². The Morgan fingerprint density at radius 3 is 2.62 bits per heavy atom. The van der Waals surface area contributed by atoms with Crippen LogP contribution in [0.25, 0.3) is 0 Å². The number of rotatable bonds is 4. The first-order valence-electron chi connectivity index (χ1n) is 6.03. The first-order chi connectivity index (χ1) is 7.56. The van der Waals surface area contributed by atoms with Crippen LogP contribution in [0.1, 0.15) is 31.7 Å². The van der Waals surface area contributed by atoms with Gasteiger partial charge in [0.1, 0.15) is 0 Å². The molecule has 1 saturated heterocycles. The summed E-state index contributed by atoms with van der Waals surface area (Å²) in [6.45, 7) is 6.63. The lowest BCUT2D eigenvalue weighted by Gasteiger charge is -2.46. The zero-order valence-corrected chi connectivity index (χ0v) is 10.4. The zero-order chi connectivity index (χ0) is 11.8. The molecule has 16 heavy (non-hydrogen) atoms. The number of hydrogen-bond acceptors (Lipinski definition) is 3. The maximum Gasteiger partial charge on any atom is 0.0897 e. The molecule has 0 spiro atoms. The number of nitrogens with zero attached hydrogens (tertiary/aromatic N) is 3. The van der Waals surface area contributed by atoms with Crippen LogP contribution in [0.5, 0.6) is 0 Å². The van der Waals surface area contributed by atoms with Crippen molar-refractivity contribution >= 4 is 0 Å². The third-order valence-electron chi connectivity index (χ3n) is 3.47. The highest BCUT2D eigenvalue weighted by molar-refractivity contribution is 5.11. The van der Waals surface area contributed by atoms with Crippen LogP contribution in [0.4, 0.5) is 0 Å². The summed E-state index contributed by atoms with van der Waals surface area (Å²) in [6, 6.07) is 2.16. The fraction of sp³-hybridized carbons (Fsp3) is 0.750. The molecule has 0 saturated carbocycles. The van der Waals surface area contributed by atoms with Crippen molar-refractivity contribution in [2.75, 3.05) is 13.1 Å². The minimum atomic E-state index is -0.438. The second-order valence-corrected chi connectivity index (χ2v) is 4.83. The minimum absolute atomic E-state index is 0.438. The summed E-state index contributed by atoms with van der Waals surface area (Å²) >= 11 is 0. The molecule has 1 aliphatic heterocycles. The maximum absolute atomic E-state index is 9.92. The average molecular weight is 223 g/mol. The lowest BCUT2D eigenvalue weighted by Crippen LogP contribution is -2.60. The molecular formula is C12H21N3O. The lowest BCUT2D eigenvalue weighted by molar-refractivity contribution is -0.104. The van der Waals surface area contributed by atoms with Crippen LogP contribution < -0.4 is 0 Å². The van der Waals surface area contributed by atoms with Gasteiger partial charge in [-0.1, -0.05) is 13.8 Å². The second-order valence-electron chi connectivity index (χ2n) is 4.83. The fourth-order valence-corrected chi connectivity index (χ4v) is 2.24. The van der Waals surface area contributed by atoms with Crippen LogP contribution in [0, 0.1) is 0 Å². The van der Waals surface area contributed by atoms with Gasteiger partial charge in [-0.25, -0.2) is 0 Å². The number of aromatic nitrogens is 2. The Morgan fingerprint density at radius 2 is 2.12 bits per heavy atom. The quantitative estimate of drug-likeness (QED) is 0.826. The van der Waals surface area contributed by atoms with E-state index in [1.54, 1.807) is 0 Å².